The fourth-order valence-electron chi connectivity index (χ4n) is 3.21. The maximum absolute atomic E-state index is 14.3. The molecular weight excluding hydrogens is 514 g/mol. The van der Waals surface area contributed by atoms with E-state index in [4.69, 9.17) is 11.6 Å². The van der Waals surface area contributed by atoms with E-state index in [0.29, 0.717) is 10.4 Å². The molecule has 0 saturated heterocycles. The van der Waals surface area contributed by atoms with Gasteiger partial charge in [0.1, 0.15) is 18.4 Å². The summed E-state index contributed by atoms with van der Waals surface area (Å²) < 4.78 is 79.6. The van der Waals surface area contributed by atoms with E-state index in [1.54, 1.807) is 6.92 Å². The summed E-state index contributed by atoms with van der Waals surface area (Å²) >= 11 is 5.62. The molecule has 0 aliphatic heterocycles. The second kappa shape index (κ2) is 11.3. The topological polar surface area (TPSA) is 86.8 Å². The molecule has 0 spiro atoms. The predicted octanol–water partition coefficient (Wildman–Crippen LogP) is 3.82. The van der Waals surface area contributed by atoms with Crippen LogP contribution in [0.1, 0.15) is 25.0 Å². The summed E-state index contributed by atoms with van der Waals surface area (Å²) in [6.07, 6.45) is -4.15. The molecule has 0 bridgehead atoms. The number of nitrogens with zero attached hydrogens (tertiary/aromatic N) is 2. The van der Waals surface area contributed by atoms with Crippen LogP contribution in [0.25, 0.3) is 0 Å². The van der Waals surface area contributed by atoms with Gasteiger partial charge in [0.15, 0.2) is 0 Å². The van der Waals surface area contributed by atoms with E-state index in [1.807, 2.05) is 0 Å². The Morgan fingerprint density at radius 1 is 1.14 bits per heavy atom. The standard InChI is InChI=1S/C22H24ClF4N3O4S/c1-4-28-21(32)14(2)29(12-15-7-5-6-8-19(15)24)20(31)13-30(35(3,33)34)16-9-10-18(23)17(11-16)22(25,26)27/h5-11,14H,4,12-13H2,1-3H3,(H,28,32). The monoisotopic (exact) mass is 537 g/mol. The van der Waals surface area contributed by atoms with E-state index in [0.717, 1.165) is 29.4 Å². The van der Waals surface area contributed by atoms with Crippen molar-refractivity contribution in [3.8, 4) is 0 Å². The fraction of sp³-hybridized carbons (Fsp3) is 0.364. The fourth-order valence-corrected chi connectivity index (χ4v) is 4.28. The molecule has 2 amide bonds. The van der Waals surface area contributed by atoms with Crippen LogP contribution in [-0.4, -0.2) is 50.5 Å². The van der Waals surface area contributed by atoms with E-state index < -0.39 is 62.7 Å². The maximum atomic E-state index is 14.3. The highest BCUT2D eigenvalue weighted by Gasteiger charge is 2.35. The highest BCUT2D eigenvalue weighted by atomic mass is 35.5. The van der Waals surface area contributed by atoms with E-state index in [1.165, 1.54) is 25.1 Å². The first kappa shape index (κ1) is 28.4. The number of sulfonamides is 1. The number of amides is 2. The summed E-state index contributed by atoms with van der Waals surface area (Å²) in [6.45, 7) is 1.95. The first-order chi connectivity index (χ1) is 16.2. The van der Waals surface area contributed by atoms with Crippen LogP contribution in [-0.2, 0) is 32.3 Å². The third-order valence-corrected chi connectivity index (χ3v) is 6.51. The van der Waals surface area contributed by atoms with Gasteiger partial charge in [-0.15, -0.1) is 0 Å². The minimum atomic E-state index is -4.87. The lowest BCUT2D eigenvalue weighted by Crippen LogP contribution is -2.51. The number of carbonyl (C=O) groups excluding carboxylic acids is 2. The highest BCUT2D eigenvalue weighted by Crippen LogP contribution is 2.37. The van der Waals surface area contributed by atoms with Crippen molar-refractivity contribution >= 4 is 39.1 Å². The van der Waals surface area contributed by atoms with Crippen molar-refractivity contribution < 1.29 is 35.6 Å². The average molecular weight is 538 g/mol. The van der Waals surface area contributed by atoms with E-state index in [-0.39, 0.29) is 18.7 Å². The highest BCUT2D eigenvalue weighted by molar-refractivity contribution is 7.92. The molecule has 35 heavy (non-hydrogen) atoms. The number of halogens is 5. The molecule has 1 N–H and O–H groups in total. The molecule has 2 aromatic carbocycles. The predicted molar refractivity (Wildman–Crippen MR) is 124 cm³/mol. The number of likely N-dealkylation sites (N-methyl/N-ethyl adjacent to an activating group) is 1. The molecule has 1 unspecified atom stereocenters. The van der Waals surface area contributed by atoms with Crippen molar-refractivity contribution in [3.63, 3.8) is 0 Å². The molecule has 0 aliphatic carbocycles. The van der Waals surface area contributed by atoms with Crippen molar-refractivity contribution in [1.82, 2.24) is 10.2 Å². The van der Waals surface area contributed by atoms with Crippen LogP contribution in [0.2, 0.25) is 5.02 Å². The molecule has 192 valence electrons. The molecule has 13 heteroatoms. The number of alkyl halides is 3. The van der Waals surface area contributed by atoms with E-state index in [2.05, 4.69) is 5.32 Å². The Hall–Kier alpha value is -2.86. The van der Waals surface area contributed by atoms with Crippen molar-refractivity contribution in [2.75, 3.05) is 23.7 Å². The van der Waals surface area contributed by atoms with Crippen LogP contribution in [0.3, 0.4) is 0 Å². The van der Waals surface area contributed by atoms with Crippen LogP contribution < -0.4 is 9.62 Å². The Kier molecular flexibility index (Phi) is 9.12. The van der Waals surface area contributed by atoms with Crippen molar-refractivity contribution in [1.29, 1.82) is 0 Å². The lowest BCUT2D eigenvalue weighted by molar-refractivity contribution is -0.139. The van der Waals surface area contributed by atoms with Crippen LogP contribution in [0.15, 0.2) is 42.5 Å². The van der Waals surface area contributed by atoms with Gasteiger partial charge in [-0.2, -0.15) is 13.2 Å². The summed E-state index contributed by atoms with van der Waals surface area (Å²) in [5, 5.41) is 1.88. The van der Waals surface area contributed by atoms with Gasteiger partial charge in [0.05, 0.1) is 22.5 Å². The third kappa shape index (κ3) is 7.31. The number of benzene rings is 2. The molecule has 1 atom stereocenters. The number of nitrogens with one attached hydrogen (secondary N) is 1. The van der Waals surface area contributed by atoms with Crippen LogP contribution in [0.5, 0.6) is 0 Å². The third-order valence-electron chi connectivity index (χ3n) is 5.04. The number of rotatable bonds is 9. The quantitative estimate of drug-likeness (QED) is 0.493. The molecule has 2 rings (SSSR count). The first-order valence-electron chi connectivity index (χ1n) is 10.3. The lowest BCUT2D eigenvalue weighted by Gasteiger charge is -2.31. The maximum Gasteiger partial charge on any atom is 0.417 e. The van der Waals surface area contributed by atoms with Gasteiger partial charge in [-0.3, -0.25) is 13.9 Å². The molecule has 7 nitrogen and oxygen atoms in total. The molecule has 0 heterocycles. The Bertz CT molecular complexity index is 1190. The normalized spacial score (nSPS) is 12.7. The summed E-state index contributed by atoms with van der Waals surface area (Å²) in [7, 11) is -4.26. The van der Waals surface area contributed by atoms with E-state index in [9.17, 15) is 35.6 Å². The lowest BCUT2D eigenvalue weighted by atomic mass is 10.1. The Morgan fingerprint density at radius 2 is 1.77 bits per heavy atom. The van der Waals surface area contributed by atoms with Crippen molar-refractivity contribution in [2.45, 2.75) is 32.6 Å². The zero-order valence-corrected chi connectivity index (χ0v) is 20.6. The van der Waals surface area contributed by atoms with Gasteiger partial charge in [-0.05, 0) is 38.1 Å². The van der Waals surface area contributed by atoms with Crippen molar-refractivity contribution in [3.05, 3.63) is 64.4 Å². The summed E-state index contributed by atoms with van der Waals surface area (Å²) in [6, 6.07) is 6.78. The van der Waals surface area contributed by atoms with Crippen LogP contribution in [0.4, 0.5) is 23.2 Å². The SMILES string of the molecule is CCNC(=O)C(C)N(Cc1ccccc1F)C(=O)CN(c1ccc(Cl)c(C(F)(F)F)c1)S(C)(=O)=O. The van der Waals surface area contributed by atoms with Gasteiger partial charge in [0.25, 0.3) is 0 Å². The largest absolute Gasteiger partial charge is 0.417 e. The molecule has 2 aromatic rings. The smallest absolute Gasteiger partial charge is 0.355 e. The second-order valence-corrected chi connectivity index (χ2v) is 9.93. The van der Waals surface area contributed by atoms with Gasteiger partial charge < -0.3 is 10.2 Å². The summed E-state index contributed by atoms with van der Waals surface area (Å²) in [5.41, 5.74) is -1.67. The zero-order valence-electron chi connectivity index (χ0n) is 19.1. The molecule has 0 aliphatic rings. The minimum Gasteiger partial charge on any atom is -0.355 e. The van der Waals surface area contributed by atoms with Crippen LogP contribution in [0, 0.1) is 5.82 Å². The van der Waals surface area contributed by atoms with Gasteiger partial charge in [-0.25, -0.2) is 12.8 Å². The van der Waals surface area contributed by atoms with Crippen molar-refractivity contribution in [2.24, 2.45) is 0 Å². The number of hydrogen-bond acceptors (Lipinski definition) is 4. The average Bonchev–Trinajstić information content (AvgIpc) is 2.75. The molecule has 0 fully saturated rings. The molecular formula is C22H24ClF4N3O4S. The molecule has 0 radical (unpaired) electrons. The Morgan fingerprint density at radius 3 is 2.31 bits per heavy atom. The Labute approximate surface area is 205 Å². The second-order valence-electron chi connectivity index (χ2n) is 7.62. The molecule has 0 aromatic heterocycles. The van der Waals surface area contributed by atoms with Gasteiger partial charge in [0, 0.05) is 18.7 Å². The van der Waals surface area contributed by atoms with Crippen LogP contribution >= 0.6 is 11.6 Å². The Balaban J connectivity index is 2.49. The minimum absolute atomic E-state index is 0.0637. The van der Waals surface area contributed by atoms with Gasteiger partial charge in [0.2, 0.25) is 21.8 Å². The first-order valence-corrected chi connectivity index (χ1v) is 12.5. The number of anilines is 1. The van der Waals surface area contributed by atoms with E-state index >= 15 is 0 Å². The zero-order chi connectivity index (χ0) is 26.6. The number of hydrogen-bond donors (Lipinski definition) is 1. The molecule has 0 saturated carbocycles. The van der Waals surface area contributed by atoms with Gasteiger partial charge in [-0.1, -0.05) is 29.8 Å². The summed E-state index contributed by atoms with van der Waals surface area (Å²) in [5.74, 6) is -2.16. The van der Waals surface area contributed by atoms with Gasteiger partial charge >= 0.3 is 6.18 Å². The number of carbonyl (C=O) groups is 2. The summed E-state index contributed by atoms with van der Waals surface area (Å²) in [4.78, 5) is 26.7.